The van der Waals surface area contributed by atoms with Gasteiger partial charge in [-0.1, -0.05) is 13.3 Å². The first kappa shape index (κ1) is 19.9. The van der Waals surface area contributed by atoms with Gasteiger partial charge in [-0.05, 0) is 54.8 Å². The summed E-state index contributed by atoms with van der Waals surface area (Å²) in [4.78, 5) is 34.9. The van der Waals surface area contributed by atoms with E-state index in [1.54, 1.807) is 18.2 Å². The van der Waals surface area contributed by atoms with Gasteiger partial charge in [0.1, 0.15) is 11.5 Å². The summed E-state index contributed by atoms with van der Waals surface area (Å²) in [6, 6.07) is 11.1. The van der Waals surface area contributed by atoms with Crippen molar-refractivity contribution in [3.63, 3.8) is 0 Å². The lowest BCUT2D eigenvalue weighted by atomic mass is 9.90. The van der Waals surface area contributed by atoms with Crippen LogP contribution in [-0.4, -0.2) is 22.8 Å². The first-order valence-electron chi connectivity index (χ1n) is 10.1. The Bertz CT molecular complexity index is 1170. The molecule has 1 unspecified atom stereocenters. The summed E-state index contributed by atoms with van der Waals surface area (Å²) in [5, 5.41) is 0.761. The first-order chi connectivity index (χ1) is 14.4. The summed E-state index contributed by atoms with van der Waals surface area (Å²) in [7, 11) is 0. The normalized spacial score (nSPS) is 14.7. The molecule has 0 amide bonds. The van der Waals surface area contributed by atoms with E-state index >= 15 is 0 Å². The highest BCUT2D eigenvalue weighted by Gasteiger charge is 2.30. The molecule has 0 saturated heterocycles. The molecule has 3 aromatic rings. The largest absolute Gasteiger partial charge is 0.427 e. The Morgan fingerprint density at radius 2 is 1.73 bits per heavy atom. The van der Waals surface area contributed by atoms with Crippen LogP contribution in [0.1, 0.15) is 55.6 Å². The zero-order valence-corrected chi connectivity index (χ0v) is 17.2. The number of esters is 2. The van der Waals surface area contributed by atoms with E-state index in [0.717, 1.165) is 53.3 Å². The van der Waals surface area contributed by atoms with E-state index in [2.05, 4.69) is 11.5 Å². The predicted molar refractivity (Wildman–Crippen MR) is 113 cm³/mol. The van der Waals surface area contributed by atoms with Gasteiger partial charge in [0.2, 0.25) is 0 Å². The second-order valence-electron chi connectivity index (χ2n) is 7.58. The predicted octanol–water partition coefficient (Wildman–Crippen LogP) is 4.87. The van der Waals surface area contributed by atoms with Gasteiger partial charge in [0.25, 0.3) is 0 Å². The quantitative estimate of drug-likeness (QED) is 0.344. The molecule has 0 saturated carbocycles. The number of aromatic nitrogens is 1. The number of carbonyl (C=O) groups excluding carboxylic acids is 3. The summed E-state index contributed by atoms with van der Waals surface area (Å²) in [6.45, 7) is 4.86. The molecule has 30 heavy (non-hydrogen) atoms. The average molecular weight is 405 g/mol. The van der Waals surface area contributed by atoms with Crippen molar-refractivity contribution in [2.45, 2.75) is 46.1 Å². The van der Waals surface area contributed by atoms with E-state index in [9.17, 15) is 14.4 Å². The van der Waals surface area contributed by atoms with Gasteiger partial charge in [-0.15, -0.1) is 0 Å². The Balaban J connectivity index is 1.96. The van der Waals surface area contributed by atoms with Crippen molar-refractivity contribution in [2.75, 3.05) is 0 Å². The van der Waals surface area contributed by atoms with Gasteiger partial charge in [-0.25, -0.2) is 0 Å². The lowest BCUT2D eigenvalue weighted by Gasteiger charge is -2.29. The minimum absolute atomic E-state index is 0.167. The SMILES string of the molecule is CCCC1Cc2cc(OC(C)=O)ccc2-c2c(C=O)c3cc(OC(C)=O)ccc3n21. The number of nitrogens with zero attached hydrogens (tertiary/aromatic N) is 1. The van der Waals surface area contributed by atoms with E-state index in [1.165, 1.54) is 13.8 Å². The molecule has 0 fully saturated rings. The van der Waals surface area contributed by atoms with Gasteiger partial charge >= 0.3 is 11.9 Å². The molecule has 154 valence electrons. The van der Waals surface area contributed by atoms with E-state index in [-0.39, 0.29) is 12.0 Å². The van der Waals surface area contributed by atoms with E-state index < -0.39 is 5.97 Å². The number of fused-ring (bicyclic) bond motifs is 5. The topological polar surface area (TPSA) is 74.6 Å². The summed E-state index contributed by atoms with van der Waals surface area (Å²) in [5.74, 6) is 0.152. The fourth-order valence-electron chi connectivity index (χ4n) is 4.43. The lowest BCUT2D eigenvalue weighted by Crippen LogP contribution is -2.19. The van der Waals surface area contributed by atoms with Gasteiger partial charge in [0.15, 0.2) is 6.29 Å². The van der Waals surface area contributed by atoms with Crippen LogP contribution in [0.3, 0.4) is 0 Å². The molecule has 0 bridgehead atoms. The zero-order chi connectivity index (χ0) is 21.4. The zero-order valence-electron chi connectivity index (χ0n) is 17.2. The monoisotopic (exact) mass is 405 g/mol. The van der Waals surface area contributed by atoms with Crippen molar-refractivity contribution in [3.8, 4) is 22.8 Å². The molecule has 6 heteroatoms. The van der Waals surface area contributed by atoms with Crippen molar-refractivity contribution in [3.05, 3.63) is 47.5 Å². The third-order valence-corrected chi connectivity index (χ3v) is 5.43. The molecule has 2 heterocycles. The Morgan fingerprint density at radius 1 is 1.07 bits per heavy atom. The van der Waals surface area contributed by atoms with E-state index in [4.69, 9.17) is 9.47 Å². The van der Waals surface area contributed by atoms with Crippen LogP contribution in [0.4, 0.5) is 0 Å². The van der Waals surface area contributed by atoms with Crippen LogP contribution < -0.4 is 9.47 Å². The second kappa shape index (κ2) is 7.78. The number of carbonyl (C=O) groups is 3. The summed E-state index contributed by atoms with van der Waals surface area (Å²) in [5.41, 5.74) is 4.36. The van der Waals surface area contributed by atoms with Gasteiger partial charge in [-0.3, -0.25) is 14.4 Å². The number of ether oxygens (including phenoxy) is 2. The molecule has 1 aliphatic heterocycles. The van der Waals surface area contributed by atoms with Gasteiger partial charge < -0.3 is 14.0 Å². The standard InChI is InChI=1S/C24H23NO5/c1-4-5-17-10-16-11-18(29-14(2)27)6-8-20(16)24-22(13-26)21-12-19(30-15(3)28)7-9-23(21)25(17)24/h6-9,11-13,17H,4-5,10H2,1-3H3. The number of aldehydes is 1. The smallest absolute Gasteiger partial charge is 0.308 e. The number of rotatable bonds is 5. The maximum atomic E-state index is 12.2. The van der Waals surface area contributed by atoms with Crippen molar-refractivity contribution in [1.29, 1.82) is 0 Å². The van der Waals surface area contributed by atoms with Gasteiger partial charge in [0, 0.05) is 41.9 Å². The Labute approximate surface area is 174 Å². The maximum Gasteiger partial charge on any atom is 0.308 e. The highest BCUT2D eigenvalue weighted by molar-refractivity contribution is 6.06. The molecular formula is C24H23NO5. The highest BCUT2D eigenvalue weighted by Crippen LogP contribution is 2.45. The fourth-order valence-corrected chi connectivity index (χ4v) is 4.43. The van der Waals surface area contributed by atoms with Crippen LogP contribution in [0.15, 0.2) is 36.4 Å². The third-order valence-electron chi connectivity index (χ3n) is 5.43. The molecule has 4 rings (SSSR count). The molecular weight excluding hydrogens is 382 g/mol. The molecule has 0 aliphatic carbocycles. The van der Waals surface area contributed by atoms with Crippen molar-refractivity contribution >= 4 is 29.1 Å². The van der Waals surface area contributed by atoms with Crippen LogP contribution in [0, 0.1) is 0 Å². The molecule has 1 atom stereocenters. The Morgan fingerprint density at radius 3 is 2.37 bits per heavy atom. The number of hydrogen-bond acceptors (Lipinski definition) is 5. The summed E-state index contributed by atoms with van der Waals surface area (Å²) >= 11 is 0. The number of hydrogen-bond donors (Lipinski definition) is 0. The third kappa shape index (κ3) is 3.38. The minimum Gasteiger partial charge on any atom is -0.427 e. The molecule has 0 spiro atoms. The molecule has 1 aromatic heterocycles. The van der Waals surface area contributed by atoms with Gasteiger partial charge in [-0.2, -0.15) is 0 Å². The highest BCUT2D eigenvalue weighted by atomic mass is 16.5. The summed E-state index contributed by atoms with van der Waals surface area (Å²) < 4.78 is 12.7. The Kier molecular flexibility index (Phi) is 5.16. The van der Waals surface area contributed by atoms with Crippen molar-refractivity contribution in [1.82, 2.24) is 4.57 Å². The molecule has 2 aromatic carbocycles. The Hall–Kier alpha value is -3.41. The fraction of sp³-hybridized carbons (Fsp3) is 0.292. The van der Waals surface area contributed by atoms with E-state index in [0.29, 0.717) is 17.1 Å². The van der Waals surface area contributed by atoms with Crippen LogP contribution in [0.5, 0.6) is 11.5 Å². The molecule has 0 N–H and O–H groups in total. The van der Waals surface area contributed by atoms with Crippen LogP contribution in [0.25, 0.3) is 22.2 Å². The minimum atomic E-state index is -0.404. The maximum absolute atomic E-state index is 12.2. The molecule has 6 nitrogen and oxygen atoms in total. The van der Waals surface area contributed by atoms with Crippen LogP contribution in [0.2, 0.25) is 0 Å². The van der Waals surface area contributed by atoms with Crippen LogP contribution in [-0.2, 0) is 16.0 Å². The molecule has 1 aliphatic rings. The first-order valence-corrected chi connectivity index (χ1v) is 10.1. The number of benzene rings is 2. The van der Waals surface area contributed by atoms with Gasteiger partial charge in [0.05, 0.1) is 5.69 Å². The lowest BCUT2D eigenvalue weighted by molar-refractivity contribution is -0.132. The second-order valence-corrected chi connectivity index (χ2v) is 7.58. The summed E-state index contributed by atoms with van der Waals surface area (Å²) in [6.07, 6.45) is 3.57. The molecule has 0 radical (unpaired) electrons. The van der Waals surface area contributed by atoms with Crippen molar-refractivity contribution in [2.24, 2.45) is 0 Å². The van der Waals surface area contributed by atoms with E-state index in [1.807, 2.05) is 18.2 Å². The van der Waals surface area contributed by atoms with Crippen molar-refractivity contribution < 1.29 is 23.9 Å². The average Bonchev–Trinajstić information content (AvgIpc) is 3.01. The van der Waals surface area contributed by atoms with Crippen LogP contribution >= 0.6 is 0 Å².